The second-order valence-corrected chi connectivity index (χ2v) is 3.70. The molecule has 1 unspecified atom stereocenters. The van der Waals surface area contributed by atoms with Crippen LogP contribution in [0.4, 0.5) is 8.78 Å². The van der Waals surface area contributed by atoms with E-state index in [1.54, 1.807) is 6.92 Å². The molecular formula is C9H15F2NO2. The maximum atomic E-state index is 12.0. The highest BCUT2D eigenvalue weighted by Crippen LogP contribution is 2.21. The van der Waals surface area contributed by atoms with Gasteiger partial charge >= 0.3 is 6.43 Å². The lowest BCUT2D eigenvalue weighted by Gasteiger charge is -2.32. The number of aliphatic hydroxyl groups is 1. The van der Waals surface area contributed by atoms with Crippen LogP contribution in [0.25, 0.3) is 0 Å². The molecule has 1 saturated heterocycles. The number of carbonyl (C=O) groups is 1. The van der Waals surface area contributed by atoms with Crippen LogP contribution in [-0.2, 0) is 4.79 Å². The highest BCUT2D eigenvalue weighted by atomic mass is 19.3. The van der Waals surface area contributed by atoms with E-state index in [2.05, 4.69) is 0 Å². The van der Waals surface area contributed by atoms with Crippen LogP contribution >= 0.6 is 0 Å². The fourth-order valence-electron chi connectivity index (χ4n) is 1.74. The number of hydrogen-bond donors (Lipinski definition) is 1. The van der Waals surface area contributed by atoms with Crippen molar-refractivity contribution < 1.29 is 18.7 Å². The summed E-state index contributed by atoms with van der Waals surface area (Å²) < 4.78 is 24.1. The first-order valence-corrected chi connectivity index (χ1v) is 4.77. The molecule has 0 aromatic carbocycles. The Labute approximate surface area is 81.7 Å². The normalized spacial score (nSPS) is 21.4. The number of hydrogen-bond acceptors (Lipinski definition) is 2. The van der Waals surface area contributed by atoms with E-state index in [1.165, 1.54) is 4.90 Å². The summed E-state index contributed by atoms with van der Waals surface area (Å²) in [4.78, 5) is 12.1. The summed E-state index contributed by atoms with van der Waals surface area (Å²) in [6.45, 7) is 2.35. The van der Waals surface area contributed by atoms with Crippen LogP contribution in [0.15, 0.2) is 0 Å². The Morgan fingerprint density at radius 3 is 2.29 bits per heavy atom. The fraction of sp³-hybridized carbons (Fsp3) is 0.889. The van der Waals surface area contributed by atoms with Gasteiger partial charge in [0.2, 0.25) is 0 Å². The minimum Gasteiger partial charge on any atom is -0.393 e. The summed E-state index contributed by atoms with van der Waals surface area (Å²) in [6.07, 6.45) is -2.11. The summed E-state index contributed by atoms with van der Waals surface area (Å²) in [6, 6.07) is 0. The summed E-state index contributed by atoms with van der Waals surface area (Å²) in [5.74, 6) is -0.953. The van der Waals surface area contributed by atoms with Crippen LogP contribution < -0.4 is 0 Å². The molecule has 0 aromatic rings. The largest absolute Gasteiger partial charge is 0.393 e. The second kappa shape index (κ2) is 4.68. The van der Waals surface area contributed by atoms with Crippen molar-refractivity contribution in [3.63, 3.8) is 0 Å². The average molecular weight is 207 g/mol. The smallest absolute Gasteiger partial charge is 0.315 e. The van der Waals surface area contributed by atoms with Crippen molar-refractivity contribution in [3.05, 3.63) is 0 Å². The van der Waals surface area contributed by atoms with Gasteiger partial charge in [0.25, 0.3) is 5.91 Å². The Morgan fingerprint density at radius 1 is 1.43 bits per heavy atom. The highest BCUT2D eigenvalue weighted by Gasteiger charge is 2.29. The molecule has 0 saturated carbocycles. The van der Waals surface area contributed by atoms with Crippen LogP contribution in [0.5, 0.6) is 0 Å². The third kappa shape index (κ3) is 2.64. The fourth-order valence-corrected chi connectivity index (χ4v) is 1.74. The first kappa shape index (κ1) is 11.4. The molecular weight excluding hydrogens is 192 g/mol. The first-order valence-electron chi connectivity index (χ1n) is 4.77. The van der Waals surface area contributed by atoms with E-state index in [1.807, 2.05) is 0 Å². The van der Waals surface area contributed by atoms with Gasteiger partial charge in [0, 0.05) is 13.1 Å². The summed E-state index contributed by atoms with van der Waals surface area (Å²) >= 11 is 0. The Balaban J connectivity index is 2.39. The number of alkyl halides is 2. The number of aliphatic hydroxyl groups excluding tert-OH is 1. The zero-order valence-electron chi connectivity index (χ0n) is 8.12. The molecule has 1 aliphatic rings. The molecule has 0 spiro atoms. The molecule has 1 rings (SSSR count). The van der Waals surface area contributed by atoms with Crippen molar-refractivity contribution in [2.24, 2.45) is 5.92 Å². The molecule has 82 valence electrons. The average Bonchev–Trinajstić information content (AvgIpc) is 2.16. The van der Waals surface area contributed by atoms with Gasteiger partial charge in [0.15, 0.2) is 0 Å². The van der Waals surface area contributed by atoms with Gasteiger partial charge in [-0.3, -0.25) is 4.79 Å². The lowest BCUT2D eigenvalue weighted by molar-refractivity contribution is -0.144. The Morgan fingerprint density at radius 2 is 1.93 bits per heavy atom. The van der Waals surface area contributed by atoms with Crippen LogP contribution in [0.2, 0.25) is 0 Å². The van der Waals surface area contributed by atoms with Gasteiger partial charge in [-0.1, -0.05) is 0 Å². The van der Waals surface area contributed by atoms with Gasteiger partial charge in [-0.2, -0.15) is 8.78 Å². The Kier molecular flexibility index (Phi) is 3.80. The van der Waals surface area contributed by atoms with E-state index < -0.39 is 18.4 Å². The van der Waals surface area contributed by atoms with Crippen molar-refractivity contribution in [2.75, 3.05) is 13.1 Å². The van der Waals surface area contributed by atoms with Crippen molar-refractivity contribution in [3.8, 4) is 0 Å². The quantitative estimate of drug-likeness (QED) is 0.730. The summed E-state index contributed by atoms with van der Waals surface area (Å²) in [5.41, 5.74) is 0. The highest BCUT2D eigenvalue weighted by molar-refractivity contribution is 5.79. The van der Waals surface area contributed by atoms with Gasteiger partial charge in [-0.05, 0) is 25.7 Å². The number of nitrogens with zero attached hydrogens (tertiary/aromatic N) is 1. The maximum Gasteiger partial charge on any atom is 0.315 e. The number of amides is 1. The van der Waals surface area contributed by atoms with Gasteiger partial charge in [0.1, 0.15) is 0 Å². The van der Waals surface area contributed by atoms with E-state index in [9.17, 15) is 18.7 Å². The molecule has 1 N–H and O–H groups in total. The third-order valence-electron chi connectivity index (χ3n) is 2.72. The van der Waals surface area contributed by atoms with Gasteiger partial charge < -0.3 is 10.0 Å². The maximum absolute atomic E-state index is 12.0. The minimum absolute atomic E-state index is 0.136. The number of piperidine rings is 1. The lowest BCUT2D eigenvalue weighted by atomic mass is 9.92. The summed E-state index contributed by atoms with van der Waals surface area (Å²) in [5, 5.41) is 9.26. The molecule has 0 radical (unpaired) electrons. The standard InChI is InChI=1S/C9H15F2NO2/c1-6(13)7-2-4-12(5-3-7)9(14)8(10)11/h6-8,13H,2-5H2,1H3. The van der Waals surface area contributed by atoms with Crippen LogP contribution in [0.3, 0.4) is 0 Å². The van der Waals surface area contributed by atoms with Gasteiger partial charge in [0.05, 0.1) is 6.10 Å². The molecule has 1 atom stereocenters. The van der Waals surface area contributed by atoms with E-state index in [4.69, 9.17) is 0 Å². The van der Waals surface area contributed by atoms with Gasteiger partial charge in [-0.15, -0.1) is 0 Å². The van der Waals surface area contributed by atoms with Crippen LogP contribution in [0.1, 0.15) is 19.8 Å². The molecule has 14 heavy (non-hydrogen) atoms. The molecule has 0 aromatic heterocycles. The number of likely N-dealkylation sites (tertiary alicyclic amines) is 1. The van der Waals surface area contributed by atoms with E-state index >= 15 is 0 Å². The predicted molar refractivity (Wildman–Crippen MR) is 47.0 cm³/mol. The molecule has 1 aliphatic heterocycles. The lowest BCUT2D eigenvalue weighted by Crippen LogP contribution is -2.43. The van der Waals surface area contributed by atoms with Crippen molar-refractivity contribution in [2.45, 2.75) is 32.3 Å². The van der Waals surface area contributed by atoms with E-state index in [-0.39, 0.29) is 5.92 Å². The van der Waals surface area contributed by atoms with Crippen molar-refractivity contribution >= 4 is 5.91 Å². The van der Waals surface area contributed by atoms with E-state index in [0.717, 1.165) is 0 Å². The molecule has 0 bridgehead atoms. The van der Waals surface area contributed by atoms with Crippen LogP contribution in [0, 0.1) is 5.92 Å². The van der Waals surface area contributed by atoms with Crippen molar-refractivity contribution in [1.29, 1.82) is 0 Å². The number of rotatable bonds is 2. The Hall–Kier alpha value is -0.710. The monoisotopic (exact) mass is 207 g/mol. The molecule has 5 heteroatoms. The number of halogens is 2. The molecule has 0 aliphatic carbocycles. The molecule has 1 amide bonds. The predicted octanol–water partition coefficient (Wildman–Crippen LogP) is 0.871. The third-order valence-corrected chi connectivity index (χ3v) is 2.72. The topological polar surface area (TPSA) is 40.5 Å². The van der Waals surface area contributed by atoms with E-state index in [0.29, 0.717) is 25.9 Å². The second-order valence-electron chi connectivity index (χ2n) is 3.70. The molecule has 3 nitrogen and oxygen atoms in total. The first-order chi connectivity index (χ1) is 6.52. The molecule has 1 heterocycles. The van der Waals surface area contributed by atoms with Crippen molar-refractivity contribution in [1.82, 2.24) is 4.90 Å². The SMILES string of the molecule is CC(O)C1CCN(C(=O)C(F)F)CC1. The van der Waals surface area contributed by atoms with Gasteiger partial charge in [-0.25, -0.2) is 0 Å². The minimum atomic E-state index is -2.90. The molecule has 1 fully saturated rings. The van der Waals surface area contributed by atoms with Crippen LogP contribution in [-0.4, -0.2) is 41.5 Å². The Bertz CT molecular complexity index is 201. The summed E-state index contributed by atoms with van der Waals surface area (Å²) in [7, 11) is 0. The number of carbonyl (C=O) groups excluding carboxylic acids is 1. The zero-order valence-corrected chi connectivity index (χ0v) is 8.12. The zero-order chi connectivity index (χ0) is 10.7.